The van der Waals surface area contributed by atoms with Crippen LogP contribution >= 0.6 is 0 Å². The van der Waals surface area contributed by atoms with Gasteiger partial charge in [0.25, 0.3) is 0 Å². The van der Waals surface area contributed by atoms with Gasteiger partial charge in [-0.2, -0.15) is 10.2 Å². The van der Waals surface area contributed by atoms with E-state index in [4.69, 9.17) is 15.3 Å². The molecule has 0 bridgehead atoms. The number of nitrogens with one attached hydrogen (secondary N) is 1. The number of rotatable bonds is 5. The van der Waals surface area contributed by atoms with Crippen LogP contribution in [0.3, 0.4) is 0 Å². The fourth-order valence-electron chi connectivity index (χ4n) is 1.90. The lowest BCUT2D eigenvalue weighted by Crippen LogP contribution is -2.29. The van der Waals surface area contributed by atoms with Crippen molar-refractivity contribution in [2.24, 2.45) is 5.84 Å². The van der Waals surface area contributed by atoms with E-state index in [1.165, 1.54) is 0 Å². The first-order valence-corrected chi connectivity index (χ1v) is 5.74. The van der Waals surface area contributed by atoms with E-state index in [1.807, 2.05) is 24.3 Å². The van der Waals surface area contributed by atoms with Crippen molar-refractivity contribution in [3.8, 4) is 11.5 Å². The van der Waals surface area contributed by atoms with Crippen LogP contribution in [0.25, 0.3) is 0 Å². The lowest BCUT2D eigenvalue weighted by Gasteiger charge is -2.19. The number of aromatic nitrogens is 2. The normalized spacial score (nSPS) is 11.9. The van der Waals surface area contributed by atoms with Crippen molar-refractivity contribution in [3.63, 3.8) is 0 Å². The average Bonchev–Trinajstić information content (AvgIpc) is 2.49. The molecule has 0 aliphatic carbocycles. The Morgan fingerprint density at radius 2 is 2.00 bits per heavy atom. The number of ether oxygens (including phenoxy) is 2. The fraction of sp³-hybridized carbons (Fsp3) is 0.231. The second kappa shape index (κ2) is 6.12. The predicted octanol–water partition coefficient (Wildman–Crippen LogP) is 1.05. The molecule has 0 aliphatic rings. The van der Waals surface area contributed by atoms with Gasteiger partial charge >= 0.3 is 0 Å². The molecule has 2 aromatic rings. The molecule has 2 rings (SSSR count). The zero-order chi connectivity index (χ0) is 13.7. The zero-order valence-corrected chi connectivity index (χ0v) is 10.8. The first-order chi connectivity index (χ1) is 9.30. The second-order valence-electron chi connectivity index (χ2n) is 3.88. The Balaban J connectivity index is 2.48. The largest absolute Gasteiger partial charge is 0.497 e. The van der Waals surface area contributed by atoms with Crippen LogP contribution in [0.2, 0.25) is 0 Å². The van der Waals surface area contributed by atoms with Crippen LogP contribution in [0.1, 0.15) is 17.2 Å². The summed E-state index contributed by atoms with van der Waals surface area (Å²) in [4.78, 5) is 0. The maximum atomic E-state index is 5.66. The maximum absolute atomic E-state index is 5.66. The highest BCUT2D eigenvalue weighted by Gasteiger charge is 2.18. The van der Waals surface area contributed by atoms with Crippen LogP contribution in [0.5, 0.6) is 11.5 Å². The molecule has 3 N–H and O–H groups in total. The van der Waals surface area contributed by atoms with Crippen molar-refractivity contribution >= 4 is 0 Å². The fourth-order valence-corrected chi connectivity index (χ4v) is 1.90. The van der Waals surface area contributed by atoms with E-state index in [0.717, 1.165) is 22.6 Å². The molecular weight excluding hydrogens is 244 g/mol. The minimum absolute atomic E-state index is 0.249. The summed E-state index contributed by atoms with van der Waals surface area (Å²) >= 11 is 0. The van der Waals surface area contributed by atoms with Crippen molar-refractivity contribution < 1.29 is 9.47 Å². The summed E-state index contributed by atoms with van der Waals surface area (Å²) < 4.78 is 10.6. The van der Waals surface area contributed by atoms with E-state index in [-0.39, 0.29) is 6.04 Å². The van der Waals surface area contributed by atoms with Gasteiger partial charge in [0.2, 0.25) is 0 Å². The Morgan fingerprint density at radius 3 is 2.58 bits per heavy atom. The van der Waals surface area contributed by atoms with Gasteiger partial charge in [-0.1, -0.05) is 0 Å². The highest BCUT2D eigenvalue weighted by molar-refractivity contribution is 5.45. The number of hydrogen-bond acceptors (Lipinski definition) is 6. The Hall–Kier alpha value is -2.18. The molecule has 0 saturated carbocycles. The minimum atomic E-state index is -0.249. The molecule has 1 aromatic carbocycles. The number of hydrazine groups is 1. The third-order valence-corrected chi connectivity index (χ3v) is 2.85. The Labute approximate surface area is 111 Å². The van der Waals surface area contributed by atoms with Crippen LogP contribution in [0.4, 0.5) is 0 Å². The maximum Gasteiger partial charge on any atom is 0.124 e. The summed E-state index contributed by atoms with van der Waals surface area (Å²) in [6.45, 7) is 0. The van der Waals surface area contributed by atoms with Crippen LogP contribution < -0.4 is 20.7 Å². The van der Waals surface area contributed by atoms with Crippen molar-refractivity contribution in [3.05, 3.63) is 47.8 Å². The lowest BCUT2D eigenvalue weighted by atomic mass is 10.00. The quantitative estimate of drug-likeness (QED) is 0.617. The van der Waals surface area contributed by atoms with Gasteiger partial charge in [-0.3, -0.25) is 5.84 Å². The summed E-state index contributed by atoms with van der Waals surface area (Å²) in [5.74, 6) is 7.11. The molecule has 0 fully saturated rings. The monoisotopic (exact) mass is 260 g/mol. The lowest BCUT2D eigenvalue weighted by molar-refractivity contribution is 0.394. The van der Waals surface area contributed by atoms with Crippen molar-refractivity contribution in [1.82, 2.24) is 15.6 Å². The molecule has 100 valence electrons. The van der Waals surface area contributed by atoms with Crippen LogP contribution in [0, 0.1) is 0 Å². The molecule has 1 unspecified atom stereocenters. The summed E-state index contributed by atoms with van der Waals surface area (Å²) in [6, 6.07) is 7.15. The van der Waals surface area contributed by atoms with Gasteiger partial charge in [0.1, 0.15) is 11.5 Å². The highest BCUT2D eigenvalue weighted by atomic mass is 16.5. The van der Waals surface area contributed by atoms with Gasteiger partial charge in [0, 0.05) is 11.8 Å². The molecule has 0 spiro atoms. The zero-order valence-electron chi connectivity index (χ0n) is 10.8. The van der Waals surface area contributed by atoms with Gasteiger partial charge in [-0.05, 0) is 29.8 Å². The van der Waals surface area contributed by atoms with Gasteiger partial charge in [0.05, 0.1) is 26.5 Å². The molecule has 0 amide bonds. The van der Waals surface area contributed by atoms with Crippen molar-refractivity contribution in [2.75, 3.05) is 14.2 Å². The summed E-state index contributed by atoms with van der Waals surface area (Å²) in [7, 11) is 3.23. The summed E-state index contributed by atoms with van der Waals surface area (Å²) in [6.07, 6.45) is 3.27. The van der Waals surface area contributed by atoms with E-state index >= 15 is 0 Å². The molecular formula is C13H16N4O2. The number of hydrogen-bond donors (Lipinski definition) is 2. The number of methoxy groups -OCH3 is 2. The smallest absolute Gasteiger partial charge is 0.124 e. The molecule has 19 heavy (non-hydrogen) atoms. The van der Waals surface area contributed by atoms with E-state index in [1.54, 1.807) is 26.6 Å². The molecule has 6 heteroatoms. The molecule has 1 aromatic heterocycles. The third-order valence-electron chi connectivity index (χ3n) is 2.85. The standard InChI is InChI=1S/C13H16N4O2/c1-18-10-3-4-12(19-2)11(7-10)13(17-14)9-5-6-15-16-8-9/h3-8,13,17H,14H2,1-2H3. The SMILES string of the molecule is COc1ccc(OC)c(C(NN)c2ccnnc2)c1. The Morgan fingerprint density at radius 1 is 1.16 bits per heavy atom. The van der Waals surface area contributed by atoms with Crippen LogP contribution in [-0.2, 0) is 0 Å². The van der Waals surface area contributed by atoms with Crippen molar-refractivity contribution in [2.45, 2.75) is 6.04 Å². The summed E-state index contributed by atoms with van der Waals surface area (Å²) in [5.41, 5.74) is 4.52. The van der Waals surface area contributed by atoms with E-state index in [9.17, 15) is 0 Å². The molecule has 0 aliphatic heterocycles. The molecule has 0 saturated heterocycles. The average molecular weight is 260 g/mol. The Kier molecular flexibility index (Phi) is 4.27. The summed E-state index contributed by atoms with van der Waals surface area (Å²) in [5, 5.41) is 7.62. The van der Waals surface area contributed by atoms with Crippen LogP contribution in [0.15, 0.2) is 36.7 Å². The van der Waals surface area contributed by atoms with Crippen LogP contribution in [-0.4, -0.2) is 24.4 Å². The number of nitrogens with two attached hydrogens (primary N) is 1. The van der Waals surface area contributed by atoms with E-state index < -0.39 is 0 Å². The topological polar surface area (TPSA) is 82.3 Å². The van der Waals surface area contributed by atoms with Gasteiger partial charge in [-0.25, -0.2) is 5.43 Å². The first kappa shape index (κ1) is 13.3. The number of nitrogens with zero attached hydrogens (tertiary/aromatic N) is 2. The number of benzene rings is 1. The van der Waals surface area contributed by atoms with Gasteiger partial charge in [0.15, 0.2) is 0 Å². The molecule has 1 atom stereocenters. The van der Waals surface area contributed by atoms with Gasteiger partial charge in [-0.15, -0.1) is 0 Å². The first-order valence-electron chi connectivity index (χ1n) is 5.74. The highest BCUT2D eigenvalue weighted by Crippen LogP contribution is 2.32. The molecule has 1 heterocycles. The minimum Gasteiger partial charge on any atom is -0.497 e. The van der Waals surface area contributed by atoms with E-state index in [0.29, 0.717) is 0 Å². The van der Waals surface area contributed by atoms with Gasteiger partial charge < -0.3 is 9.47 Å². The molecule has 6 nitrogen and oxygen atoms in total. The Bertz CT molecular complexity index is 533. The molecule has 0 radical (unpaired) electrons. The second-order valence-corrected chi connectivity index (χ2v) is 3.88. The predicted molar refractivity (Wildman–Crippen MR) is 70.7 cm³/mol. The van der Waals surface area contributed by atoms with Crippen molar-refractivity contribution in [1.29, 1.82) is 0 Å². The third kappa shape index (κ3) is 2.81. The van der Waals surface area contributed by atoms with E-state index in [2.05, 4.69) is 15.6 Å².